The second-order valence-corrected chi connectivity index (χ2v) is 3.97. The van der Waals surface area contributed by atoms with Gasteiger partial charge in [0.25, 0.3) is 0 Å². The number of rotatable bonds is 5. The minimum atomic E-state index is 0.128. The van der Waals surface area contributed by atoms with E-state index in [0.717, 1.165) is 11.6 Å². The number of hydrogen-bond donors (Lipinski definition) is 1. The molecule has 0 amide bonds. The van der Waals surface area contributed by atoms with Crippen molar-refractivity contribution in [3.8, 4) is 0 Å². The number of halogens is 1. The van der Waals surface area contributed by atoms with Gasteiger partial charge in [0.05, 0.1) is 12.1 Å². The molecule has 0 saturated carbocycles. The van der Waals surface area contributed by atoms with Gasteiger partial charge in [-0.05, 0) is 31.2 Å². The lowest BCUT2D eigenvalue weighted by Crippen LogP contribution is -2.31. The highest BCUT2D eigenvalue weighted by Crippen LogP contribution is 2.21. The van der Waals surface area contributed by atoms with E-state index in [4.69, 9.17) is 16.3 Å². The topological polar surface area (TPSA) is 21.3 Å². The SMILES string of the molecule is CCNC(c1cccc(Cl)c1)C(C)OC. The maximum Gasteiger partial charge on any atom is 0.0737 e. The average molecular weight is 228 g/mol. The number of likely N-dealkylation sites (N-methyl/N-ethyl adjacent to an activating group) is 1. The van der Waals surface area contributed by atoms with E-state index in [2.05, 4.69) is 18.3 Å². The summed E-state index contributed by atoms with van der Waals surface area (Å²) >= 11 is 5.97. The van der Waals surface area contributed by atoms with Crippen molar-refractivity contribution >= 4 is 11.6 Å². The number of methoxy groups -OCH3 is 1. The van der Waals surface area contributed by atoms with Crippen LogP contribution in [0.5, 0.6) is 0 Å². The van der Waals surface area contributed by atoms with Crippen molar-refractivity contribution in [3.05, 3.63) is 34.9 Å². The summed E-state index contributed by atoms with van der Waals surface area (Å²) in [5, 5.41) is 4.16. The third-order valence-electron chi connectivity index (χ3n) is 2.47. The molecule has 1 rings (SSSR count). The first kappa shape index (κ1) is 12.5. The predicted octanol–water partition coefficient (Wildman–Crippen LogP) is 3.03. The summed E-state index contributed by atoms with van der Waals surface area (Å²) in [5.41, 5.74) is 1.17. The molecule has 0 radical (unpaired) electrons. The molecular weight excluding hydrogens is 210 g/mol. The molecule has 0 saturated heterocycles. The minimum Gasteiger partial charge on any atom is -0.380 e. The van der Waals surface area contributed by atoms with E-state index >= 15 is 0 Å². The molecule has 0 aliphatic heterocycles. The van der Waals surface area contributed by atoms with Gasteiger partial charge in [-0.3, -0.25) is 0 Å². The van der Waals surface area contributed by atoms with E-state index in [1.54, 1.807) is 7.11 Å². The Morgan fingerprint density at radius 2 is 2.20 bits per heavy atom. The van der Waals surface area contributed by atoms with E-state index in [0.29, 0.717) is 0 Å². The van der Waals surface area contributed by atoms with Crippen molar-refractivity contribution in [1.82, 2.24) is 5.32 Å². The molecule has 84 valence electrons. The van der Waals surface area contributed by atoms with Crippen LogP contribution < -0.4 is 5.32 Å². The molecule has 1 N–H and O–H groups in total. The third-order valence-corrected chi connectivity index (χ3v) is 2.71. The highest BCUT2D eigenvalue weighted by Gasteiger charge is 2.17. The molecule has 2 nitrogen and oxygen atoms in total. The van der Waals surface area contributed by atoms with E-state index in [9.17, 15) is 0 Å². The minimum absolute atomic E-state index is 0.128. The van der Waals surface area contributed by atoms with Crippen LogP contribution in [0.2, 0.25) is 5.02 Å². The predicted molar refractivity (Wildman–Crippen MR) is 64.3 cm³/mol. The van der Waals surface area contributed by atoms with Gasteiger partial charge in [-0.1, -0.05) is 30.7 Å². The van der Waals surface area contributed by atoms with Crippen molar-refractivity contribution < 1.29 is 4.74 Å². The smallest absolute Gasteiger partial charge is 0.0737 e. The summed E-state index contributed by atoms with van der Waals surface area (Å²) in [7, 11) is 1.72. The zero-order valence-corrected chi connectivity index (χ0v) is 10.2. The average Bonchev–Trinajstić information content (AvgIpc) is 2.25. The first-order valence-electron chi connectivity index (χ1n) is 5.20. The fourth-order valence-corrected chi connectivity index (χ4v) is 1.81. The Labute approximate surface area is 96.6 Å². The lowest BCUT2D eigenvalue weighted by Gasteiger charge is -2.24. The molecular formula is C12H18ClNO. The molecule has 0 heterocycles. The number of benzene rings is 1. The number of nitrogens with one attached hydrogen (secondary N) is 1. The molecule has 0 aliphatic carbocycles. The summed E-state index contributed by atoms with van der Waals surface area (Å²) in [6, 6.07) is 8.08. The fourth-order valence-electron chi connectivity index (χ4n) is 1.61. The van der Waals surface area contributed by atoms with E-state index in [1.807, 2.05) is 25.1 Å². The van der Waals surface area contributed by atoms with Gasteiger partial charge in [0.2, 0.25) is 0 Å². The van der Waals surface area contributed by atoms with Crippen molar-refractivity contribution in [2.45, 2.75) is 26.0 Å². The van der Waals surface area contributed by atoms with Crippen molar-refractivity contribution in [2.75, 3.05) is 13.7 Å². The van der Waals surface area contributed by atoms with Crippen LogP contribution in [0.25, 0.3) is 0 Å². The molecule has 0 fully saturated rings. The van der Waals surface area contributed by atoms with E-state index < -0.39 is 0 Å². The van der Waals surface area contributed by atoms with Crippen LogP contribution in [-0.2, 0) is 4.74 Å². The molecule has 2 atom stereocenters. The summed E-state index contributed by atoms with van der Waals surface area (Å²) in [6.45, 7) is 5.04. The van der Waals surface area contributed by atoms with Crippen molar-refractivity contribution in [1.29, 1.82) is 0 Å². The summed E-state index contributed by atoms with van der Waals surface area (Å²) in [5.74, 6) is 0. The van der Waals surface area contributed by atoms with Crippen molar-refractivity contribution in [2.24, 2.45) is 0 Å². The molecule has 1 aromatic rings. The van der Waals surface area contributed by atoms with E-state index in [-0.39, 0.29) is 12.1 Å². The molecule has 0 aromatic heterocycles. The largest absolute Gasteiger partial charge is 0.380 e. The summed E-state index contributed by atoms with van der Waals surface area (Å²) < 4.78 is 5.35. The van der Waals surface area contributed by atoms with Gasteiger partial charge in [-0.15, -0.1) is 0 Å². The Morgan fingerprint density at radius 1 is 1.47 bits per heavy atom. The monoisotopic (exact) mass is 227 g/mol. The lowest BCUT2D eigenvalue weighted by atomic mass is 10.0. The normalized spacial score (nSPS) is 14.9. The Balaban J connectivity index is 2.88. The van der Waals surface area contributed by atoms with Crippen LogP contribution in [0, 0.1) is 0 Å². The van der Waals surface area contributed by atoms with Gasteiger partial charge in [-0.2, -0.15) is 0 Å². The molecule has 0 spiro atoms. The molecule has 15 heavy (non-hydrogen) atoms. The molecule has 0 aliphatic rings. The number of hydrogen-bond acceptors (Lipinski definition) is 2. The Hall–Kier alpha value is -0.570. The third kappa shape index (κ3) is 3.49. The standard InChI is InChI=1S/C12H18ClNO/c1-4-14-12(9(2)15-3)10-6-5-7-11(13)8-10/h5-9,12,14H,4H2,1-3H3. The van der Waals surface area contributed by atoms with Gasteiger partial charge >= 0.3 is 0 Å². The van der Waals surface area contributed by atoms with Crippen LogP contribution in [0.1, 0.15) is 25.5 Å². The molecule has 1 aromatic carbocycles. The second-order valence-electron chi connectivity index (χ2n) is 3.53. The van der Waals surface area contributed by atoms with Gasteiger partial charge in [0.15, 0.2) is 0 Å². The molecule has 0 bridgehead atoms. The van der Waals surface area contributed by atoms with Crippen LogP contribution in [0.3, 0.4) is 0 Å². The van der Waals surface area contributed by atoms with E-state index in [1.165, 1.54) is 5.56 Å². The van der Waals surface area contributed by atoms with Gasteiger partial charge in [-0.25, -0.2) is 0 Å². The Kier molecular flexibility index (Phi) is 5.09. The Bertz CT molecular complexity index is 303. The fraction of sp³-hybridized carbons (Fsp3) is 0.500. The quantitative estimate of drug-likeness (QED) is 0.835. The van der Waals surface area contributed by atoms with Gasteiger partial charge in [0.1, 0.15) is 0 Å². The highest BCUT2D eigenvalue weighted by molar-refractivity contribution is 6.30. The summed E-state index contributed by atoms with van der Waals surface area (Å²) in [4.78, 5) is 0. The first-order valence-corrected chi connectivity index (χ1v) is 5.58. The maximum atomic E-state index is 5.97. The maximum absolute atomic E-state index is 5.97. The van der Waals surface area contributed by atoms with Gasteiger partial charge < -0.3 is 10.1 Å². The van der Waals surface area contributed by atoms with Crippen LogP contribution in [-0.4, -0.2) is 19.8 Å². The van der Waals surface area contributed by atoms with Crippen LogP contribution in [0.4, 0.5) is 0 Å². The van der Waals surface area contributed by atoms with Crippen LogP contribution >= 0.6 is 11.6 Å². The zero-order chi connectivity index (χ0) is 11.3. The van der Waals surface area contributed by atoms with Crippen molar-refractivity contribution in [3.63, 3.8) is 0 Å². The summed E-state index contributed by atoms with van der Waals surface area (Å²) in [6.07, 6.45) is 0.128. The lowest BCUT2D eigenvalue weighted by molar-refractivity contribution is 0.0836. The molecule has 3 heteroatoms. The highest BCUT2D eigenvalue weighted by atomic mass is 35.5. The number of ether oxygens (including phenoxy) is 1. The second kappa shape index (κ2) is 6.11. The Morgan fingerprint density at radius 3 is 2.73 bits per heavy atom. The van der Waals surface area contributed by atoms with Gasteiger partial charge in [0, 0.05) is 12.1 Å². The van der Waals surface area contributed by atoms with Crippen LogP contribution in [0.15, 0.2) is 24.3 Å². The first-order chi connectivity index (χ1) is 7.19. The zero-order valence-electron chi connectivity index (χ0n) is 9.46. The molecule has 2 unspecified atom stereocenters.